The molecule has 0 spiro atoms. The summed E-state index contributed by atoms with van der Waals surface area (Å²) in [5.41, 5.74) is 10.8. The van der Waals surface area contributed by atoms with Gasteiger partial charge >= 0.3 is 0 Å². The number of aromatic nitrogens is 3. The van der Waals surface area contributed by atoms with Gasteiger partial charge in [-0.15, -0.1) is 0 Å². The Balaban J connectivity index is 1.29. The van der Waals surface area contributed by atoms with Crippen LogP contribution in [0.5, 0.6) is 0 Å². The van der Waals surface area contributed by atoms with Crippen molar-refractivity contribution in [3.8, 4) is 0 Å². The second-order valence-corrected chi connectivity index (χ2v) is 9.81. The molecule has 2 unspecified atom stereocenters. The van der Waals surface area contributed by atoms with Gasteiger partial charge in [-0.3, -0.25) is 4.40 Å². The Hall–Kier alpha value is -4.08. The first-order valence-corrected chi connectivity index (χ1v) is 13.4. The third kappa shape index (κ3) is 5.90. The molecule has 6 rings (SSSR count). The van der Waals surface area contributed by atoms with Crippen molar-refractivity contribution in [1.82, 2.24) is 14.4 Å². The number of anilines is 1. The molecule has 1 aliphatic rings. The average Bonchev–Trinajstić information content (AvgIpc) is 3.58. The second kappa shape index (κ2) is 12.4. The summed E-state index contributed by atoms with van der Waals surface area (Å²) in [4.78, 5) is 8.71. The van der Waals surface area contributed by atoms with Crippen LogP contribution >= 0.6 is 0 Å². The number of nitrogen functional groups attached to an aromatic ring is 1. The summed E-state index contributed by atoms with van der Waals surface area (Å²) >= 11 is 0. The number of rotatable bonds is 11. The number of ether oxygens (including phenoxy) is 4. The highest BCUT2D eigenvalue weighted by Crippen LogP contribution is 2.39. The monoisotopic (exact) mass is 536 g/mol. The number of nitrogens with zero attached hydrogens (tertiary/aromatic N) is 3. The fourth-order valence-electron chi connectivity index (χ4n) is 5.05. The summed E-state index contributed by atoms with van der Waals surface area (Å²) in [6.07, 6.45) is 3.61. The Labute approximate surface area is 233 Å². The minimum atomic E-state index is -0.466. The van der Waals surface area contributed by atoms with Crippen molar-refractivity contribution < 1.29 is 18.9 Å². The number of hydrogen-bond donors (Lipinski definition) is 1. The highest BCUT2D eigenvalue weighted by Gasteiger charge is 2.48. The molecule has 1 fully saturated rings. The van der Waals surface area contributed by atoms with Gasteiger partial charge in [-0.05, 0) is 16.7 Å². The van der Waals surface area contributed by atoms with Crippen LogP contribution in [0.3, 0.4) is 0 Å². The lowest BCUT2D eigenvalue weighted by molar-refractivity contribution is -0.0898. The third-order valence-corrected chi connectivity index (χ3v) is 7.05. The molecular weight excluding hydrogens is 504 g/mol. The van der Waals surface area contributed by atoms with Gasteiger partial charge in [0.1, 0.15) is 24.4 Å². The quantitative estimate of drug-likeness (QED) is 0.250. The summed E-state index contributed by atoms with van der Waals surface area (Å²) in [6, 6.07) is 30.3. The van der Waals surface area contributed by atoms with E-state index in [2.05, 4.69) is 9.97 Å². The largest absolute Gasteiger partial charge is 0.381 e. The van der Waals surface area contributed by atoms with E-state index >= 15 is 0 Å². The maximum atomic E-state index is 6.70. The molecule has 5 aromatic rings. The van der Waals surface area contributed by atoms with Crippen LogP contribution in [-0.2, 0) is 38.8 Å². The molecule has 8 heteroatoms. The van der Waals surface area contributed by atoms with Crippen LogP contribution in [-0.4, -0.2) is 39.3 Å². The fraction of sp³-hybridized carbons (Fsp3) is 0.250. The molecule has 1 saturated heterocycles. The van der Waals surface area contributed by atoms with Gasteiger partial charge in [-0.1, -0.05) is 91.0 Å². The van der Waals surface area contributed by atoms with Crippen LogP contribution in [0.25, 0.3) is 5.65 Å². The van der Waals surface area contributed by atoms with Gasteiger partial charge < -0.3 is 24.7 Å². The molecule has 2 N–H and O–H groups in total. The van der Waals surface area contributed by atoms with Crippen LogP contribution in [0.1, 0.15) is 28.5 Å². The molecule has 3 aromatic carbocycles. The lowest BCUT2D eigenvalue weighted by atomic mass is 10.0. The van der Waals surface area contributed by atoms with E-state index in [1.807, 2.05) is 102 Å². The van der Waals surface area contributed by atoms with Crippen LogP contribution in [0.2, 0.25) is 0 Å². The zero-order valence-corrected chi connectivity index (χ0v) is 22.1. The molecule has 40 heavy (non-hydrogen) atoms. The van der Waals surface area contributed by atoms with Crippen molar-refractivity contribution in [2.45, 2.75) is 44.2 Å². The van der Waals surface area contributed by atoms with Crippen LogP contribution in [0.15, 0.2) is 110 Å². The van der Waals surface area contributed by atoms with Gasteiger partial charge in [0.15, 0.2) is 11.5 Å². The van der Waals surface area contributed by atoms with E-state index in [1.54, 1.807) is 12.4 Å². The molecule has 0 bridgehead atoms. The minimum Gasteiger partial charge on any atom is -0.381 e. The number of nitrogens with two attached hydrogens (primary N) is 1. The zero-order chi connectivity index (χ0) is 27.1. The van der Waals surface area contributed by atoms with Crippen molar-refractivity contribution in [1.29, 1.82) is 0 Å². The standard InChI is InChI=1S/C32H32N4O4/c33-31-32-35-18-26(36(32)17-16-34-31)28-30(39-21-25-14-8-3-9-15-25)29(38-20-24-12-6-2-7-13-24)27(40-28)22-37-19-23-10-4-1-5-11-23/h1-18,27-30H,19-22H2,(H2,33,34)/t27?,28?,29-,30+/m1/s1. The van der Waals surface area contributed by atoms with Crippen LogP contribution in [0, 0.1) is 0 Å². The van der Waals surface area contributed by atoms with Gasteiger partial charge in [0.2, 0.25) is 0 Å². The van der Waals surface area contributed by atoms with E-state index in [1.165, 1.54) is 0 Å². The van der Waals surface area contributed by atoms with E-state index < -0.39 is 18.3 Å². The summed E-state index contributed by atoms with van der Waals surface area (Å²) in [7, 11) is 0. The van der Waals surface area contributed by atoms with Gasteiger partial charge in [-0.2, -0.15) is 0 Å². The van der Waals surface area contributed by atoms with Crippen molar-refractivity contribution in [3.63, 3.8) is 0 Å². The number of imidazole rings is 1. The maximum absolute atomic E-state index is 6.70. The van der Waals surface area contributed by atoms with Crippen molar-refractivity contribution in [3.05, 3.63) is 132 Å². The lowest BCUT2D eigenvalue weighted by Crippen LogP contribution is -2.38. The summed E-state index contributed by atoms with van der Waals surface area (Å²) in [5.74, 6) is 0.355. The van der Waals surface area contributed by atoms with E-state index in [4.69, 9.17) is 24.7 Å². The first-order chi connectivity index (χ1) is 19.8. The summed E-state index contributed by atoms with van der Waals surface area (Å²) in [5, 5.41) is 0. The van der Waals surface area contributed by atoms with Crippen molar-refractivity contribution in [2.75, 3.05) is 12.3 Å². The first-order valence-electron chi connectivity index (χ1n) is 13.4. The molecule has 4 atom stereocenters. The highest BCUT2D eigenvalue weighted by molar-refractivity contribution is 5.60. The predicted octanol–water partition coefficient (Wildman–Crippen LogP) is 5.14. The topological polar surface area (TPSA) is 93.1 Å². The Bertz CT molecular complexity index is 1500. The molecule has 0 saturated carbocycles. The number of fused-ring (bicyclic) bond motifs is 1. The van der Waals surface area contributed by atoms with Crippen LogP contribution in [0.4, 0.5) is 5.82 Å². The Morgan fingerprint density at radius 1 is 0.725 bits per heavy atom. The Kier molecular flexibility index (Phi) is 8.11. The van der Waals surface area contributed by atoms with Gasteiger partial charge in [0, 0.05) is 12.4 Å². The summed E-state index contributed by atoms with van der Waals surface area (Å²) < 4.78 is 27.9. The van der Waals surface area contributed by atoms with Crippen molar-refractivity contribution >= 4 is 11.5 Å². The SMILES string of the molecule is Nc1nccn2c(C3OC(COCc4ccccc4)[C@@H](OCc4ccccc4)[C@H]3OCc3ccccc3)cnc12. The number of benzene rings is 3. The molecule has 0 amide bonds. The Morgan fingerprint density at radius 3 is 1.93 bits per heavy atom. The molecule has 3 heterocycles. The highest BCUT2D eigenvalue weighted by atomic mass is 16.6. The molecule has 1 aliphatic heterocycles. The second-order valence-electron chi connectivity index (χ2n) is 9.81. The smallest absolute Gasteiger partial charge is 0.180 e. The molecule has 0 radical (unpaired) electrons. The molecule has 8 nitrogen and oxygen atoms in total. The average molecular weight is 537 g/mol. The van der Waals surface area contributed by atoms with E-state index in [0.29, 0.717) is 37.9 Å². The van der Waals surface area contributed by atoms with Crippen LogP contribution < -0.4 is 5.73 Å². The van der Waals surface area contributed by atoms with Gasteiger partial charge in [0.25, 0.3) is 0 Å². The zero-order valence-electron chi connectivity index (χ0n) is 22.1. The first kappa shape index (κ1) is 26.2. The maximum Gasteiger partial charge on any atom is 0.180 e. The number of hydrogen-bond acceptors (Lipinski definition) is 7. The third-order valence-electron chi connectivity index (χ3n) is 7.05. The molecule has 2 aromatic heterocycles. The Morgan fingerprint density at radius 2 is 1.30 bits per heavy atom. The van der Waals surface area contributed by atoms with E-state index in [-0.39, 0.29) is 6.10 Å². The normalized spacial score (nSPS) is 20.7. The fourth-order valence-corrected chi connectivity index (χ4v) is 5.05. The van der Waals surface area contributed by atoms with E-state index in [9.17, 15) is 0 Å². The summed E-state index contributed by atoms with van der Waals surface area (Å²) in [6.45, 7) is 1.65. The van der Waals surface area contributed by atoms with Crippen molar-refractivity contribution in [2.24, 2.45) is 0 Å². The van der Waals surface area contributed by atoms with Gasteiger partial charge in [0.05, 0.1) is 38.3 Å². The predicted molar refractivity (Wildman–Crippen MR) is 151 cm³/mol. The molecular formula is C32H32N4O4. The molecule has 204 valence electrons. The molecule has 0 aliphatic carbocycles. The minimum absolute atomic E-state index is 0.344. The van der Waals surface area contributed by atoms with E-state index in [0.717, 1.165) is 22.4 Å². The lowest BCUT2D eigenvalue weighted by Gasteiger charge is -2.25. The van der Waals surface area contributed by atoms with Gasteiger partial charge in [-0.25, -0.2) is 9.97 Å².